The molecule has 2 fully saturated rings. The van der Waals surface area contributed by atoms with Gasteiger partial charge in [-0.2, -0.15) is 0 Å². The van der Waals surface area contributed by atoms with Crippen LogP contribution in [0.15, 0.2) is 0 Å². The Morgan fingerprint density at radius 2 is 1.83 bits per heavy atom. The van der Waals surface area contributed by atoms with Crippen molar-refractivity contribution in [2.75, 3.05) is 18.1 Å². The van der Waals surface area contributed by atoms with E-state index in [-0.39, 0.29) is 29.4 Å². The summed E-state index contributed by atoms with van der Waals surface area (Å²) in [5.41, 5.74) is 0. The van der Waals surface area contributed by atoms with Gasteiger partial charge in [0.1, 0.15) is 15.9 Å². The van der Waals surface area contributed by atoms with Crippen molar-refractivity contribution in [2.24, 2.45) is 0 Å². The van der Waals surface area contributed by atoms with Gasteiger partial charge in [0.25, 0.3) is 0 Å². The van der Waals surface area contributed by atoms with Gasteiger partial charge >= 0.3 is 0 Å². The Morgan fingerprint density at radius 1 is 1.22 bits per heavy atom. The smallest absolute Gasteiger partial charge is 0.245 e. The number of rotatable bonds is 1. The highest BCUT2D eigenvalue weighted by Crippen LogP contribution is 2.20. The minimum Gasteiger partial charge on any atom is -0.345 e. The molecule has 2 aliphatic rings. The number of nitrogens with one attached hydrogen (secondary N) is 1. The second-order valence-electron chi connectivity index (χ2n) is 4.95. The van der Waals surface area contributed by atoms with Crippen LogP contribution in [0.25, 0.3) is 0 Å². The van der Waals surface area contributed by atoms with Crippen molar-refractivity contribution in [3.63, 3.8) is 0 Å². The molecule has 2 rings (SSSR count). The number of carbonyl (C=O) groups is 2. The Morgan fingerprint density at radius 3 is 2.44 bits per heavy atom. The first kappa shape index (κ1) is 13.3. The zero-order valence-corrected chi connectivity index (χ0v) is 11.2. The summed E-state index contributed by atoms with van der Waals surface area (Å²) < 4.78 is 22.7. The van der Waals surface area contributed by atoms with Crippen LogP contribution in [0, 0.1) is 0 Å². The second kappa shape index (κ2) is 4.87. The molecule has 1 N–H and O–H groups in total. The van der Waals surface area contributed by atoms with Crippen LogP contribution >= 0.6 is 0 Å². The van der Waals surface area contributed by atoms with Crippen molar-refractivity contribution >= 4 is 21.7 Å². The fraction of sp³-hybridized carbons (Fsp3) is 0.818. The first-order chi connectivity index (χ1) is 8.39. The Labute approximate surface area is 107 Å². The summed E-state index contributed by atoms with van der Waals surface area (Å²) in [5.74, 6) is 0.0425. The lowest BCUT2D eigenvalue weighted by Gasteiger charge is -2.34. The maximum absolute atomic E-state index is 12.1. The van der Waals surface area contributed by atoms with Crippen LogP contribution in [-0.2, 0) is 19.4 Å². The monoisotopic (exact) mass is 274 g/mol. The summed E-state index contributed by atoms with van der Waals surface area (Å²) in [6.45, 7) is 2.05. The van der Waals surface area contributed by atoms with Crippen LogP contribution in [0.3, 0.4) is 0 Å². The van der Waals surface area contributed by atoms with Crippen LogP contribution in [0.4, 0.5) is 0 Å². The van der Waals surface area contributed by atoms with Gasteiger partial charge in [0.15, 0.2) is 0 Å². The molecular formula is C11H18N2O4S. The minimum absolute atomic E-state index is 0.0452. The lowest BCUT2D eigenvalue weighted by atomic mass is 10.1. The van der Waals surface area contributed by atoms with Gasteiger partial charge in [0.05, 0.1) is 11.5 Å². The topological polar surface area (TPSA) is 83.6 Å². The van der Waals surface area contributed by atoms with Crippen LogP contribution in [0.5, 0.6) is 0 Å². The molecule has 6 nitrogen and oxygen atoms in total. The zero-order chi connectivity index (χ0) is 13.3. The number of hydrogen-bond acceptors (Lipinski definition) is 4. The van der Waals surface area contributed by atoms with Crippen molar-refractivity contribution in [2.45, 2.75) is 38.3 Å². The Hall–Kier alpha value is -1.11. The van der Waals surface area contributed by atoms with Crippen LogP contribution in [-0.4, -0.2) is 55.3 Å². The van der Waals surface area contributed by atoms with Gasteiger partial charge in [-0.3, -0.25) is 9.59 Å². The summed E-state index contributed by atoms with van der Waals surface area (Å²) >= 11 is 0. The Balaban J connectivity index is 2.08. The van der Waals surface area contributed by atoms with E-state index in [0.29, 0.717) is 25.8 Å². The average molecular weight is 274 g/mol. The predicted molar refractivity (Wildman–Crippen MR) is 65.6 cm³/mol. The first-order valence-electron chi connectivity index (χ1n) is 6.19. The number of carbonyl (C=O) groups excluding carboxylic acids is 2. The molecule has 0 radical (unpaired) electrons. The number of nitrogens with zero attached hydrogens (tertiary/aromatic N) is 1. The number of hydrogen-bond donors (Lipinski definition) is 1. The normalized spacial score (nSPS) is 29.8. The molecule has 1 atom stereocenters. The van der Waals surface area contributed by atoms with Gasteiger partial charge in [-0.25, -0.2) is 8.42 Å². The highest BCUT2D eigenvalue weighted by atomic mass is 32.2. The fourth-order valence-electron chi connectivity index (χ4n) is 2.51. The van der Waals surface area contributed by atoms with E-state index in [4.69, 9.17) is 0 Å². The van der Waals surface area contributed by atoms with Gasteiger partial charge in [0, 0.05) is 19.0 Å². The second-order valence-corrected chi connectivity index (χ2v) is 7.26. The molecule has 0 aromatic carbocycles. The molecule has 0 aliphatic carbocycles. The third-order valence-electron chi connectivity index (χ3n) is 3.58. The first-order valence-corrected chi connectivity index (χ1v) is 8.01. The van der Waals surface area contributed by atoms with Crippen molar-refractivity contribution in [1.29, 1.82) is 0 Å². The Kier molecular flexibility index (Phi) is 3.61. The van der Waals surface area contributed by atoms with Gasteiger partial charge < -0.3 is 10.2 Å². The van der Waals surface area contributed by atoms with E-state index in [9.17, 15) is 18.0 Å². The molecule has 2 amide bonds. The van der Waals surface area contributed by atoms with E-state index in [2.05, 4.69) is 5.32 Å². The van der Waals surface area contributed by atoms with Crippen LogP contribution in [0.1, 0.15) is 26.2 Å². The Bertz CT molecular complexity index is 446. The molecule has 102 valence electrons. The van der Waals surface area contributed by atoms with E-state index in [1.54, 1.807) is 11.8 Å². The van der Waals surface area contributed by atoms with Gasteiger partial charge in [-0.15, -0.1) is 0 Å². The molecule has 2 saturated heterocycles. The van der Waals surface area contributed by atoms with Crippen molar-refractivity contribution in [1.82, 2.24) is 10.2 Å². The molecule has 0 aromatic rings. The molecule has 0 spiro atoms. The lowest BCUT2D eigenvalue weighted by Crippen LogP contribution is -2.49. The third-order valence-corrected chi connectivity index (χ3v) is 5.29. The molecule has 18 heavy (non-hydrogen) atoms. The van der Waals surface area contributed by atoms with Gasteiger partial charge in [0.2, 0.25) is 11.8 Å². The van der Waals surface area contributed by atoms with Crippen LogP contribution in [0.2, 0.25) is 0 Å². The van der Waals surface area contributed by atoms with Crippen molar-refractivity contribution in [3.05, 3.63) is 0 Å². The molecule has 2 aliphatic heterocycles. The third kappa shape index (κ3) is 2.82. The SMILES string of the molecule is CC1NC(=O)CCN(C2CCS(=O)(=O)CC2)C1=O. The molecular weight excluding hydrogens is 256 g/mol. The molecule has 0 bridgehead atoms. The summed E-state index contributed by atoms with van der Waals surface area (Å²) in [5, 5.41) is 2.63. The molecule has 1 unspecified atom stereocenters. The van der Waals surface area contributed by atoms with E-state index in [1.165, 1.54) is 0 Å². The van der Waals surface area contributed by atoms with Crippen molar-refractivity contribution < 1.29 is 18.0 Å². The highest BCUT2D eigenvalue weighted by molar-refractivity contribution is 7.91. The fourth-order valence-corrected chi connectivity index (χ4v) is 3.97. The van der Waals surface area contributed by atoms with Crippen molar-refractivity contribution in [3.8, 4) is 0 Å². The standard InChI is InChI=1S/C11H18N2O4S/c1-8-11(15)13(5-2-10(14)12-8)9-3-6-18(16,17)7-4-9/h8-9H,2-7H2,1H3,(H,12,14). The van der Waals surface area contributed by atoms with Crippen LogP contribution < -0.4 is 5.32 Å². The van der Waals surface area contributed by atoms with E-state index in [1.807, 2.05) is 0 Å². The van der Waals surface area contributed by atoms with Gasteiger partial charge in [-0.1, -0.05) is 0 Å². The summed E-state index contributed by atoms with van der Waals surface area (Å²) in [6, 6.07) is -0.560. The summed E-state index contributed by atoms with van der Waals surface area (Å²) in [7, 11) is -2.93. The van der Waals surface area contributed by atoms with Gasteiger partial charge in [-0.05, 0) is 19.8 Å². The number of amides is 2. The quantitative estimate of drug-likeness (QED) is 0.685. The molecule has 0 aromatic heterocycles. The zero-order valence-electron chi connectivity index (χ0n) is 10.4. The molecule has 7 heteroatoms. The minimum atomic E-state index is -2.93. The molecule has 2 heterocycles. The van der Waals surface area contributed by atoms with E-state index < -0.39 is 15.9 Å². The highest BCUT2D eigenvalue weighted by Gasteiger charge is 2.34. The maximum atomic E-state index is 12.1. The van der Waals surface area contributed by atoms with E-state index in [0.717, 1.165) is 0 Å². The molecule has 0 saturated carbocycles. The predicted octanol–water partition coefficient (Wildman–Crippen LogP) is -0.699. The van der Waals surface area contributed by atoms with E-state index >= 15 is 0 Å². The summed E-state index contributed by atoms with van der Waals surface area (Å²) in [4.78, 5) is 25.2. The number of sulfone groups is 1. The largest absolute Gasteiger partial charge is 0.345 e. The average Bonchev–Trinajstić information content (AvgIpc) is 2.41. The maximum Gasteiger partial charge on any atom is 0.245 e. The lowest BCUT2D eigenvalue weighted by molar-refractivity contribution is -0.135. The summed E-state index contributed by atoms with van der Waals surface area (Å²) in [6.07, 6.45) is 1.25.